The Kier molecular flexibility index (Phi) is 16.1. The van der Waals surface area contributed by atoms with Gasteiger partial charge in [0.2, 0.25) is 0 Å². The molecule has 9 nitrogen and oxygen atoms in total. The van der Waals surface area contributed by atoms with Gasteiger partial charge < -0.3 is 14.5 Å². The molecule has 0 rings (SSSR count). The van der Waals surface area contributed by atoms with Gasteiger partial charge in [0.25, 0.3) is 0 Å². The molecule has 180 valence electrons. The number of nitrogens with zero attached hydrogens (tertiary/aromatic N) is 1. The van der Waals surface area contributed by atoms with Crippen LogP contribution in [0.3, 0.4) is 0 Å². The molecule has 0 aliphatic heterocycles. The molecule has 0 bridgehead atoms. The first-order chi connectivity index (χ1) is 14.1. The minimum Gasteiger partial charge on any atom is -0.393 e. The molecule has 30 heavy (non-hydrogen) atoms. The number of hydrogen-bond acceptors (Lipinski definition) is 7. The zero-order chi connectivity index (χ0) is 23.0. The van der Waals surface area contributed by atoms with Gasteiger partial charge >= 0.3 is 7.82 Å². The zero-order valence-corrected chi connectivity index (χ0v) is 20.0. The SMILES string of the molecule is CCCCCCCCCCCC(=O)C(OP(=O)(O)OCC[N+](C)(C)C)[C@H](CO)OO. The number of carbonyl (C=O) groups is 1. The van der Waals surface area contributed by atoms with Crippen molar-refractivity contribution >= 4 is 13.6 Å². The first kappa shape index (κ1) is 29.6. The summed E-state index contributed by atoms with van der Waals surface area (Å²) in [6.07, 6.45) is 6.78. The molecule has 0 aromatic carbocycles. The highest BCUT2D eigenvalue weighted by molar-refractivity contribution is 7.47. The van der Waals surface area contributed by atoms with Crippen molar-refractivity contribution in [1.82, 2.24) is 0 Å². The minimum atomic E-state index is -4.57. The van der Waals surface area contributed by atoms with Crippen molar-refractivity contribution in [2.75, 3.05) is 40.9 Å². The van der Waals surface area contributed by atoms with Crippen molar-refractivity contribution in [3.63, 3.8) is 0 Å². The summed E-state index contributed by atoms with van der Waals surface area (Å²) in [5.41, 5.74) is 0. The number of phosphoric acid groups is 1. The van der Waals surface area contributed by atoms with Gasteiger partial charge in [0.15, 0.2) is 11.9 Å². The summed E-state index contributed by atoms with van der Waals surface area (Å²) in [5.74, 6) is -0.518. The summed E-state index contributed by atoms with van der Waals surface area (Å²) in [5, 5.41) is 18.3. The molecule has 0 aromatic heterocycles. The molecule has 0 aliphatic carbocycles. The number of aliphatic hydroxyl groups excluding tert-OH is 1. The van der Waals surface area contributed by atoms with Gasteiger partial charge in [0.05, 0.1) is 27.7 Å². The van der Waals surface area contributed by atoms with Crippen LogP contribution in [0.4, 0.5) is 0 Å². The normalized spacial score (nSPS) is 16.2. The number of ketones is 1. The van der Waals surface area contributed by atoms with E-state index in [0.717, 1.165) is 19.3 Å². The van der Waals surface area contributed by atoms with E-state index in [2.05, 4.69) is 11.8 Å². The number of aliphatic hydroxyl groups is 1. The van der Waals surface area contributed by atoms with Crippen LogP contribution in [0.15, 0.2) is 0 Å². The number of unbranched alkanes of at least 4 members (excludes halogenated alkanes) is 8. The fourth-order valence-corrected chi connectivity index (χ4v) is 3.79. The number of phosphoric ester groups is 1. The van der Waals surface area contributed by atoms with E-state index in [4.69, 9.17) is 14.3 Å². The van der Waals surface area contributed by atoms with Crippen molar-refractivity contribution in [1.29, 1.82) is 0 Å². The third-order valence-corrected chi connectivity index (χ3v) is 5.76. The Morgan fingerprint density at radius 1 is 1.00 bits per heavy atom. The molecular weight excluding hydrogens is 413 g/mol. The van der Waals surface area contributed by atoms with Crippen molar-refractivity contribution in [3.8, 4) is 0 Å². The molecule has 0 amide bonds. The molecule has 10 heteroatoms. The molecule has 3 atom stereocenters. The van der Waals surface area contributed by atoms with Crippen molar-refractivity contribution in [3.05, 3.63) is 0 Å². The van der Waals surface area contributed by atoms with Crippen LogP contribution in [-0.4, -0.2) is 78.6 Å². The van der Waals surface area contributed by atoms with E-state index >= 15 is 0 Å². The highest BCUT2D eigenvalue weighted by atomic mass is 31.2. The maximum absolute atomic E-state index is 12.5. The lowest BCUT2D eigenvalue weighted by Gasteiger charge is -2.26. The molecule has 0 aliphatic rings. The first-order valence-corrected chi connectivity index (χ1v) is 12.5. The largest absolute Gasteiger partial charge is 0.473 e. The highest BCUT2D eigenvalue weighted by Gasteiger charge is 2.37. The van der Waals surface area contributed by atoms with Gasteiger partial charge in [-0.2, -0.15) is 0 Å². The van der Waals surface area contributed by atoms with Crippen LogP contribution in [0.2, 0.25) is 0 Å². The average molecular weight is 457 g/mol. The zero-order valence-electron chi connectivity index (χ0n) is 19.1. The summed E-state index contributed by atoms with van der Waals surface area (Å²) in [6.45, 7) is 1.83. The lowest BCUT2D eigenvalue weighted by molar-refractivity contribution is -0.870. The summed E-state index contributed by atoms with van der Waals surface area (Å²) < 4.78 is 22.6. The van der Waals surface area contributed by atoms with Crippen molar-refractivity contribution in [2.24, 2.45) is 0 Å². The Balaban J connectivity index is 4.49. The summed E-state index contributed by atoms with van der Waals surface area (Å²) in [4.78, 5) is 26.5. The van der Waals surface area contributed by atoms with E-state index in [1.807, 2.05) is 21.1 Å². The summed E-state index contributed by atoms with van der Waals surface area (Å²) in [7, 11) is 1.12. The van der Waals surface area contributed by atoms with Crippen LogP contribution >= 0.6 is 7.82 Å². The van der Waals surface area contributed by atoms with Crippen molar-refractivity contribution < 1.29 is 43.0 Å². The quantitative estimate of drug-likeness (QED) is 0.0836. The smallest absolute Gasteiger partial charge is 0.393 e. The number of hydrogen-bond donors (Lipinski definition) is 3. The van der Waals surface area contributed by atoms with Crippen LogP contribution in [-0.2, 0) is 23.3 Å². The molecule has 3 N–H and O–H groups in total. The van der Waals surface area contributed by atoms with E-state index < -0.39 is 32.4 Å². The van der Waals surface area contributed by atoms with Gasteiger partial charge in [-0.1, -0.05) is 58.3 Å². The van der Waals surface area contributed by atoms with E-state index in [-0.39, 0.29) is 13.0 Å². The van der Waals surface area contributed by atoms with Crippen LogP contribution in [0, 0.1) is 0 Å². The summed E-state index contributed by atoms with van der Waals surface area (Å²) >= 11 is 0. The molecular formula is C20H43NO8P+. The predicted molar refractivity (Wildman–Crippen MR) is 115 cm³/mol. The lowest BCUT2D eigenvalue weighted by atomic mass is 10.0. The Labute approximate surface area is 181 Å². The van der Waals surface area contributed by atoms with Gasteiger partial charge in [-0.3, -0.25) is 19.1 Å². The third kappa shape index (κ3) is 15.4. The Morgan fingerprint density at radius 3 is 2.00 bits per heavy atom. The fraction of sp³-hybridized carbons (Fsp3) is 0.950. The highest BCUT2D eigenvalue weighted by Crippen LogP contribution is 2.45. The first-order valence-electron chi connectivity index (χ1n) is 11.0. The van der Waals surface area contributed by atoms with Crippen LogP contribution in [0.25, 0.3) is 0 Å². The Bertz CT molecular complexity index is 494. The molecule has 0 radical (unpaired) electrons. The second kappa shape index (κ2) is 16.3. The number of carbonyl (C=O) groups excluding carboxylic acids is 1. The van der Waals surface area contributed by atoms with Gasteiger partial charge in [-0.25, -0.2) is 9.45 Å². The van der Waals surface area contributed by atoms with Crippen LogP contribution in [0.1, 0.15) is 71.1 Å². The molecule has 0 aromatic rings. The van der Waals surface area contributed by atoms with Crippen LogP contribution in [0.5, 0.6) is 0 Å². The second-order valence-corrected chi connectivity index (χ2v) is 10.1. The fourth-order valence-electron chi connectivity index (χ4n) is 2.87. The van der Waals surface area contributed by atoms with Gasteiger partial charge in [0.1, 0.15) is 19.3 Å². The van der Waals surface area contributed by atoms with Gasteiger partial charge in [-0.05, 0) is 6.42 Å². The third-order valence-electron chi connectivity index (χ3n) is 4.76. The Hall–Kier alpha value is -0.380. The van der Waals surface area contributed by atoms with Crippen molar-refractivity contribution in [2.45, 2.75) is 83.3 Å². The number of likely N-dealkylation sites (N-methyl/N-ethyl adjacent to an activating group) is 1. The maximum Gasteiger partial charge on any atom is 0.473 e. The molecule has 0 spiro atoms. The van der Waals surface area contributed by atoms with Crippen LogP contribution < -0.4 is 0 Å². The standard InChI is InChI=1S/C20H42NO8P/c1-5-6-7-8-9-10-11-12-13-14-18(23)20(19(17-22)28-24)29-30(25,26)27-16-15-21(2,3)4/h19-20,22H,5-17H2,1-4H3,(H-,24,25,26)/p+1/t19-,20?/m0/s1. The van der Waals surface area contributed by atoms with E-state index in [9.17, 15) is 19.4 Å². The number of rotatable bonds is 20. The average Bonchev–Trinajstić information content (AvgIpc) is 2.65. The summed E-state index contributed by atoms with van der Waals surface area (Å²) in [6, 6.07) is 0. The lowest BCUT2D eigenvalue weighted by Crippen LogP contribution is -2.40. The van der Waals surface area contributed by atoms with Gasteiger partial charge in [-0.15, -0.1) is 0 Å². The molecule has 2 unspecified atom stereocenters. The topological polar surface area (TPSA) is 123 Å². The number of quaternary nitrogens is 1. The monoisotopic (exact) mass is 456 g/mol. The Morgan fingerprint density at radius 2 is 1.53 bits per heavy atom. The molecule has 0 fully saturated rings. The molecule has 0 saturated heterocycles. The van der Waals surface area contributed by atoms with E-state index in [0.29, 0.717) is 17.4 Å². The maximum atomic E-state index is 12.5. The number of Topliss-reactive ketones (excluding diaryl/α,β-unsaturated/α-hetero) is 1. The van der Waals surface area contributed by atoms with E-state index in [1.165, 1.54) is 32.1 Å². The van der Waals surface area contributed by atoms with E-state index in [1.54, 1.807) is 0 Å². The molecule has 0 saturated carbocycles. The predicted octanol–water partition coefficient (Wildman–Crippen LogP) is 3.54. The second-order valence-electron chi connectivity index (χ2n) is 8.71. The van der Waals surface area contributed by atoms with Gasteiger partial charge in [0, 0.05) is 6.42 Å². The molecule has 0 heterocycles. The minimum absolute atomic E-state index is 0.0553.